The van der Waals surface area contributed by atoms with Crippen molar-refractivity contribution in [2.24, 2.45) is 0 Å². The quantitative estimate of drug-likeness (QED) is 0.811. The van der Waals surface area contributed by atoms with Gasteiger partial charge in [0.15, 0.2) is 0 Å². The molecule has 0 saturated carbocycles. The molecule has 2 heterocycles. The Morgan fingerprint density at radius 3 is 2.64 bits per heavy atom. The molecular formula is C21H21BrN2O. The van der Waals surface area contributed by atoms with Gasteiger partial charge in [-0.05, 0) is 29.3 Å². The molecule has 0 aliphatic carbocycles. The maximum Gasteiger partial charge on any atom is 0.223 e. The minimum absolute atomic E-state index is 0.105. The largest absolute Gasteiger partial charge is 0.344 e. The van der Waals surface area contributed by atoms with Crippen molar-refractivity contribution in [3.05, 3.63) is 70.2 Å². The average molecular weight is 397 g/mol. The van der Waals surface area contributed by atoms with Gasteiger partial charge in [0.05, 0.1) is 0 Å². The van der Waals surface area contributed by atoms with E-state index < -0.39 is 5.66 Å². The highest BCUT2D eigenvalue weighted by Gasteiger charge is 2.57. The van der Waals surface area contributed by atoms with Crippen LogP contribution in [-0.4, -0.2) is 18.1 Å². The molecule has 1 fully saturated rings. The number of anilines is 1. The van der Waals surface area contributed by atoms with Gasteiger partial charge >= 0.3 is 0 Å². The first kappa shape index (κ1) is 16.4. The van der Waals surface area contributed by atoms with E-state index >= 15 is 0 Å². The summed E-state index contributed by atoms with van der Waals surface area (Å²) >= 11 is 3.61. The summed E-state index contributed by atoms with van der Waals surface area (Å²) in [5, 5.41) is 3.30. The summed E-state index contributed by atoms with van der Waals surface area (Å²) in [6.07, 6.45) is 4.79. The molecule has 2 aromatic carbocycles. The Kier molecular flexibility index (Phi) is 3.76. The third kappa shape index (κ3) is 2.35. The summed E-state index contributed by atoms with van der Waals surface area (Å²) in [5.74, 6) is 0.105. The lowest BCUT2D eigenvalue weighted by atomic mass is 9.74. The number of rotatable bonds is 2. The fourth-order valence-electron chi connectivity index (χ4n) is 4.14. The van der Waals surface area contributed by atoms with Crippen molar-refractivity contribution < 1.29 is 4.79 Å². The minimum atomic E-state index is -0.554. The Hall–Kier alpha value is -2.07. The molecule has 0 bridgehead atoms. The van der Waals surface area contributed by atoms with E-state index in [1.807, 2.05) is 18.2 Å². The Morgan fingerprint density at radius 2 is 1.84 bits per heavy atom. The van der Waals surface area contributed by atoms with Crippen LogP contribution >= 0.6 is 15.9 Å². The van der Waals surface area contributed by atoms with Crippen molar-refractivity contribution in [2.45, 2.75) is 31.3 Å². The summed E-state index contributed by atoms with van der Waals surface area (Å²) in [6, 6.07) is 16.6. The SMILES string of the molecule is CC1(C)c2ccccc2N2CCC(=O)N[C@]21/C=C/c1ccccc1Br. The zero-order valence-corrected chi connectivity index (χ0v) is 16.0. The Labute approximate surface area is 156 Å². The van der Waals surface area contributed by atoms with Gasteiger partial charge in [-0.2, -0.15) is 0 Å². The van der Waals surface area contributed by atoms with E-state index in [4.69, 9.17) is 0 Å². The molecule has 0 aromatic heterocycles. The predicted molar refractivity (Wildman–Crippen MR) is 105 cm³/mol. The summed E-state index contributed by atoms with van der Waals surface area (Å²) in [7, 11) is 0. The van der Waals surface area contributed by atoms with Crippen molar-refractivity contribution in [3.63, 3.8) is 0 Å². The lowest BCUT2D eigenvalue weighted by molar-refractivity contribution is -0.124. The van der Waals surface area contributed by atoms with Crippen LogP contribution in [0.15, 0.2) is 59.1 Å². The molecule has 1 atom stereocenters. The maximum absolute atomic E-state index is 12.3. The van der Waals surface area contributed by atoms with Crippen LogP contribution in [0.25, 0.3) is 6.08 Å². The molecule has 2 aromatic rings. The Morgan fingerprint density at radius 1 is 1.12 bits per heavy atom. The highest BCUT2D eigenvalue weighted by atomic mass is 79.9. The summed E-state index contributed by atoms with van der Waals surface area (Å²) in [4.78, 5) is 14.7. The van der Waals surface area contributed by atoms with E-state index in [-0.39, 0.29) is 11.3 Å². The molecule has 1 saturated heterocycles. The van der Waals surface area contributed by atoms with Crippen molar-refractivity contribution >= 4 is 33.6 Å². The molecule has 4 heteroatoms. The molecule has 2 aliphatic heterocycles. The minimum Gasteiger partial charge on any atom is -0.344 e. The molecule has 1 amide bonds. The molecule has 2 aliphatic rings. The van der Waals surface area contributed by atoms with Crippen LogP contribution in [0.2, 0.25) is 0 Å². The first-order valence-corrected chi connectivity index (χ1v) is 9.37. The first-order valence-electron chi connectivity index (χ1n) is 8.58. The van der Waals surface area contributed by atoms with Gasteiger partial charge in [0, 0.05) is 28.5 Å². The topological polar surface area (TPSA) is 32.3 Å². The standard InChI is InChI=1S/C21H21BrN2O/c1-20(2)16-8-4-6-10-18(16)24-14-12-19(25)23-21(20,24)13-11-15-7-3-5-9-17(15)22/h3-11,13H,12,14H2,1-2H3,(H,23,25)/b13-11+/t21-/m1/s1. The van der Waals surface area contributed by atoms with Crippen molar-refractivity contribution in [2.75, 3.05) is 11.4 Å². The number of halogens is 1. The van der Waals surface area contributed by atoms with E-state index in [0.717, 1.165) is 16.6 Å². The van der Waals surface area contributed by atoms with Crippen LogP contribution in [0.4, 0.5) is 5.69 Å². The van der Waals surface area contributed by atoms with Gasteiger partial charge in [-0.25, -0.2) is 0 Å². The number of amides is 1. The molecule has 1 N–H and O–H groups in total. The number of benzene rings is 2. The smallest absolute Gasteiger partial charge is 0.223 e. The number of fused-ring (bicyclic) bond motifs is 3. The summed E-state index contributed by atoms with van der Waals surface area (Å²) in [6.45, 7) is 5.15. The van der Waals surface area contributed by atoms with Gasteiger partial charge in [-0.1, -0.05) is 72.3 Å². The van der Waals surface area contributed by atoms with E-state index in [2.05, 4.69) is 82.5 Å². The number of hydrogen-bond donors (Lipinski definition) is 1. The van der Waals surface area contributed by atoms with Gasteiger partial charge in [0.2, 0.25) is 5.91 Å². The van der Waals surface area contributed by atoms with Crippen LogP contribution < -0.4 is 10.2 Å². The summed E-state index contributed by atoms with van der Waals surface area (Å²) < 4.78 is 1.05. The third-order valence-corrected chi connectivity index (χ3v) is 6.27. The van der Waals surface area contributed by atoms with Crippen LogP contribution in [0, 0.1) is 0 Å². The fraction of sp³-hybridized carbons (Fsp3) is 0.286. The number of hydrogen-bond acceptors (Lipinski definition) is 2. The Balaban J connectivity index is 1.86. The van der Waals surface area contributed by atoms with E-state index in [1.165, 1.54) is 11.3 Å². The average Bonchev–Trinajstić information content (AvgIpc) is 2.79. The fourth-order valence-corrected chi connectivity index (χ4v) is 4.56. The second-order valence-corrected chi connectivity index (χ2v) is 8.07. The van der Waals surface area contributed by atoms with E-state index in [0.29, 0.717) is 6.42 Å². The van der Waals surface area contributed by atoms with Crippen LogP contribution in [-0.2, 0) is 10.2 Å². The number of para-hydroxylation sites is 1. The Bertz CT molecular complexity index is 874. The highest BCUT2D eigenvalue weighted by molar-refractivity contribution is 9.10. The monoisotopic (exact) mass is 396 g/mol. The summed E-state index contributed by atoms with van der Waals surface area (Å²) in [5.41, 5.74) is 2.79. The molecule has 0 radical (unpaired) electrons. The van der Waals surface area contributed by atoms with Crippen molar-refractivity contribution in [1.82, 2.24) is 5.32 Å². The molecule has 0 spiro atoms. The number of nitrogens with one attached hydrogen (secondary N) is 1. The second-order valence-electron chi connectivity index (χ2n) is 7.21. The van der Waals surface area contributed by atoms with Crippen molar-refractivity contribution in [1.29, 1.82) is 0 Å². The first-order chi connectivity index (χ1) is 12.0. The second kappa shape index (κ2) is 5.73. The number of nitrogens with zero attached hydrogens (tertiary/aromatic N) is 1. The molecule has 3 nitrogen and oxygen atoms in total. The van der Waals surface area contributed by atoms with Gasteiger partial charge in [0.25, 0.3) is 0 Å². The zero-order valence-electron chi connectivity index (χ0n) is 14.4. The molecule has 128 valence electrons. The van der Waals surface area contributed by atoms with Crippen molar-refractivity contribution in [3.8, 4) is 0 Å². The van der Waals surface area contributed by atoms with Gasteiger partial charge in [-0.15, -0.1) is 0 Å². The highest BCUT2D eigenvalue weighted by Crippen LogP contribution is 2.52. The lowest BCUT2D eigenvalue weighted by Crippen LogP contribution is -2.68. The normalized spacial score (nSPS) is 24.1. The third-order valence-electron chi connectivity index (χ3n) is 5.55. The van der Waals surface area contributed by atoms with E-state index in [1.54, 1.807) is 0 Å². The van der Waals surface area contributed by atoms with E-state index in [9.17, 15) is 4.79 Å². The molecule has 4 rings (SSSR count). The van der Waals surface area contributed by atoms with Gasteiger partial charge < -0.3 is 10.2 Å². The van der Waals surface area contributed by atoms with Crippen LogP contribution in [0.5, 0.6) is 0 Å². The predicted octanol–water partition coefficient (Wildman–Crippen LogP) is 4.48. The van der Waals surface area contributed by atoms with Gasteiger partial charge in [-0.3, -0.25) is 4.79 Å². The molecular weight excluding hydrogens is 376 g/mol. The van der Waals surface area contributed by atoms with Gasteiger partial charge in [0.1, 0.15) is 5.66 Å². The van der Waals surface area contributed by atoms with Crippen LogP contribution in [0.1, 0.15) is 31.4 Å². The number of carbonyl (C=O) groups is 1. The molecule has 0 unspecified atom stereocenters. The lowest BCUT2D eigenvalue weighted by Gasteiger charge is -2.49. The number of carbonyl (C=O) groups excluding carboxylic acids is 1. The zero-order chi connectivity index (χ0) is 17.7. The maximum atomic E-state index is 12.3. The molecule has 25 heavy (non-hydrogen) atoms. The van der Waals surface area contributed by atoms with Crippen LogP contribution in [0.3, 0.4) is 0 Å².